The average molecular weight is 424 g/mol. The number of carboxylic acid groups (broad SMARTS) is 1. The van der Waals surface area contributed by atoms with Crippen LogP contribution in [-0.2, 0) is 20.8 Å². The molecule has 5 atom stereocenters. The number of allylic oxidation sites excluding steroid dienone is 3. The van der Waals surface area contributed by atoms with Gasteiger partial charge in [0.05, 0.1) is 25.2 Å². The molecule has 0 radical (unpaired) electrons. The molecule has 5 unspecified atom stereocenters. The van der Waals surface area contributed by atoms with E-state index in [2.05, 4.69) is 11.7 Å². The molecule has 0 spiro atoms. The van der Waals surface area contributed by atoms with E-state index in [9.17, 15) is 14.4 Å². The second-order valence-corrected chi connectivity index (χ2v) is 8.04. The van der Waals surface area contributed by atoms with Crippen LogP contribution in [0, 0.1) is 23.7 Å². The van der Waals surface area contributed by atoms with Gasteiger partial charge < -0.3 is 14.6 Å². The molecule has 8 heteroatoms. The number of carbonyl (C=O) groups is 3. The number of imide groups is 1. The molecule has 3 aliphatic rings. The third kappa shape index (κ3) is 3.52. The fourth-order valence-electron chi connectivity index (χ4n) is 4.70. The molecule has 162 valence electrons. The number of amides is 2. The van der Waals surface area contributed by atoms with Crippen molar-refractivity contribution in [2.75, 3.05) is 7.11 Å². The van der Waals surface area contributed by atoms with Crippen LogP contribution >= 0.6 is 0 Å². The lowest BCUT2D eigenvalue weighted by molar-refractivity contribution is -0.144. The monoisotopic (exact) mass is 424 g/mol. The van der Waals surface area contributed by atoms with E-state index < -0.39 is 12.1 Å². The first kappa shape index (κ1) is 20.8. The minimum atomic E-state index is -1.10. The van der Waals surface area contributed by atoms with Gasteiger partial charge in [-0.1, -0.05) is 18.2 Å². The molecule has 1 heterocycles. The largest absolute Gasteiger partial charge is 0.493 e. The number of hydrazone groups is 1. The molecule has 0 aromatic heterocycles. The standard InChI is InChI=1S/C23H24N2O6/c1-4-5-16-8-13(9-17(30-3)20(16)31-12(2)23(28)29)11-24-25-21(26)18-14-6-7-15(10-14)19(18)22(25)27/h4,6-9,11-12,14-15,18-19H,1,5,10H2,2-3H3,(H,28,29). The smallest absolute Gasteiger partial charge is 0.344 e. The number of carboxylic acids is 1. The molecule has 4 rings (SSSR count). The van der Waals surface area contributed by atoms with Crippen molar-refractivity contribution in [2.45, 2.75) is 25.9 Å². The number of hydrogen-bond donors (Lipinski definition) is 1. The van der Waals surface area contributed by atoms with Crippen LogP contribution in [0.5, 0.6) is 11.5 Å². The van der Waals surface area contributed by atoms with Gasteiger partial charge in [0, 0.05) is 5.56 Å². The maximum atomic E-state index is 12.8. The predicted molar refractivity (Wildman–Crippen MR) is 112 cm³/mol. The zero-order chi connectivity index (χ0) is 22.3. The molecule has 1 aromatic carbocycles. The highest BCUT2D eigenvalue weighted by atomic mass is 16.5. The summed E-state index contributed by atoms with van der Waals surface area (Å²) in [6.07, 6.45) is 7.36. The van der Waals surface area contributed by atoms with Crippen molar-refractivity contribution in [3.63, 3.8) is 0 Å². The van der Waals surface area contributed by atoms with E-state index >= 15 is 0 Å². The van der Waals surface area contributed by atoms with Crippen molar-refractivity contribution in [3.05, 3.63) is 48.1 Å². The maximum Gasteiger partial charge on any atom is 0.344 e. The zero-order valence-corrected chi connectivity index (χ0v) is 17.4. The summed E-state index contributed by atoms with van der Waals surface area (Å²) in [6.45, 7) is 5.16. The highest BCUT2D eigenvalue weighted by molar-refractivity contribution is 6.06. The first-order valence-electron chi connectivity index (χ1n) is 10.2. The lowest BCUT2D eigenvalue weighted by Crippen LogP contribution is -2.28. The lowest BCUT2D eigenvalue weighted by atomic mass is 9.85. The van der Waals surface area contributed by atoms with Crippen LogP contribution in [0.15, 0.2) is 42.0 Å². The fourth-order valence-corrected chi connectivity index (χ4v) is 4.70. The molecule has 1 N–H and O–H groups in total. The molecule has 2 aliphatic carbocycles. The molecule has 1 saturated carbocycles. The van der Waals surface area contributed by atoms with E-state index in [-0.39, 0.29) is 35.5 Å². The van der Waals surface area contributed by atoms with Crippen LogP contribution in [0.4, 0.5) is 0 Å². The first-order valence-corrected chi connectivity index (χ1v) is 10.2. The zero-order valence-electron chi connectivity index (χ0n) is 17.4. The van der Waals surface area contributed by atoms with Gasteiger partial charge in [-0.25, -0.2) is 4.79 Å². The number of hydrogen-bond acceptors (Lipinski definition) is 6. The number of fused-ring (bicyclic) bond motifs is 5. The van der Waals surface area contributed by atoms with E-state index in [0.717, 1.165) is 11.4 Å². The minimum absolute atomic E-state index is 0.124. The summed E-state index contributed by atoms with van der Waals surface area (Å²) in [7, 11) is 1.45. The van der Waals surface area contributed by atoms with Gasteiger partial charge in [0.25, 0.3) is 11.8 Å². The van der Waals surface area contributed by atoms with Crippen molar-refractivity contribution in [2.24, 2.45) is 28.8 Å². The van der Waals surface area contributed by atoms with Gasteiger partial charge in [-0.05, 0) is 49.3 Å². The van der Waals surface area contributed by atoms with Gasteiger partial charge in [0.2, 0.25) is 0 Å². The second kappa shape index (κ2) is 8.02. The van der Waals surface area contributed by atoms with Crippen LogP contribution < -0.4 is 9.47 Å². The Hall–Kier alpha value is -3.42. The average Bonchev–Trinajstić information content (AvgIpc) is 3.42. The van der Waals surface area contributed by atoms with Gasteiger partial charge in [-0.15, -0.1) is 6.58 Å². The van der Waals surface area contributed by atoms with E-state index in [1.165, 1.54) is 20.2 Å². The lowest BCUT2D eigenvalue weighted by Gasteiger charge is -2.18. The summed E-state index contributed by atoms with van der Waals surface area (Å²) in [5, 5.41) is 14.3. The second-order valence-electron chi connectivity index (χ2n) is 8.04. The Kier molecular flexibility index (Phi) is 5.39. The summed E-state index contributed by atoms with van der Waals surface area (Å²) in [5.41, 5.74) is 1.24. The van der Waals surface area contributed by atoms with Gasteiger partial charge in [-0.3, -0.25) is 9.59 Å². The molecule has 31 heavy (non-hydrogen) atoms. The van der Waals surface area contributed by atoms with E-state index in [0.29, 0.717) is 29.0 Å². The topological polar surface area (TPSA) is 106 Å². The summed E-state index contributed by atoms with van der Waals surface area (Å²) in [4.78, 5) is 36.8. The number of methoxy groups -OCH3 is 1. The number of aliphatic carboxylic acids is 1. The van der Waals surface area contributed by atoms with Gasteiger partial charge in [-0.2, -0.15) is 10.1 Å². The van der Waals surface area contributed by atoms with Crippen molar-refractivity contribution >= 4 is 24.0 Å². The Balaban J connectivity index is 1.61. The summed E-state index contributed by atoms with van der Waals surface area (Å²) >= 11 is 0. The fraction of sp³-hybridized carbons (Fsp3) is 0.391. The summed E-state index contributed by atoms with van der Waals surface area (Å²) < 4.78 is 11.0. The Morgan fingerprint density at radius 3 is 2.48 bits per heavy atom. The number of benzene rings is 1. The Labute approximate surface area is 179 Å². The molecule has 1 saturated heterocycles. The van der Waals surface area contributed by atoms with Crippen LogP contribution in [0.2, 0.25) is 0 Å². The molecule has 1 aliphatic heterocycles. The van der Waals surface area contributed by atoms with Crippen molar-refractivity contribution in [1.29, 1.82) is 0 Å². The normalized spacial score (nSPS) is 27.1. The van der Waals surface area contributed by atoms with Crippen LogP contribution in [0.1, 0.15) is 24.5 Å². The van der Waals surface area contributed by atoms with Crippen LogP contribution in [0.3, 0.4) is 0 Å². The molecule has 8 nitrogen and oxygen atoms in total. The Bertz CT molecular complexity index is 984. The van der Waals surface area contributed by atoms with E-state index in [1.54, 1.807) is 18.2 Å². The Morgan fingerprint density at radius 2 is 1.94 bits per heavy atom. The molecule has 2 bridgehead atoms. The Morgan fingerprint density at radius 1 is 1.29 bits per heavy atom. The summed E-state index contributed by atoms with van der Waals surface area (Å²) in [6, 6.07) is 3.37. The highest BCUT2D eigenvalue weighted by Gasteiger charge is 2.59. The molecule has 1 aromatic rings. The molecular formula is C23H24N2O6. The van der Waals surface area contributed by atoms with Gasteiger partial charge >= 0.3 is 5.97 Å². The molecule has 2 fully saturated rings. The van der Waals surface area contributed by atoms with E-state index in [1.807, 2.05) is 12.2 Å². The quantitative estimate of drug-likeness (QED) is 0.390. The minimum Gasteiger partial charge on any atom is -0.493 e. The number of rotatable bonds is 8. The van der Waals surface area contributed by atoms with Gasteiger partial charge in [0.1, 0.15) is 0 Å². The number of ether oxygens (including phenoxy) is 2. The van der Waals surface area contributed by atoms with Crippen LogP contribution in [0.25, 0.3) is 0 Å². The third-order valence-corrected chi connectivity index (χ3v) is 6.15. The van der Waals surface area contributed by atoms with Crippen molar-refractivity contribution < 1.29 is 29.0 Å². The first-order chi connectivity index (χ1) is 14.8. The summed E-state index contributed by atoms with van der Waals surface area (Å²) in [5.74, 6) is -1.34. The van der Waals surface area contributed by atoms with Gasteiger partial charge in [0.15, 0.2) is 17.6 Å². The van der Waals surface area contributed by atoms with Crippen molar-refractivity contribution in [3.8, 4) is 11.5 Å². The third-order valence-electron chi connectivity index (χ3n) is 6.15. The number of nitrogens with zero attached hydrogens (tertiary/aromatic N) is 2. The maximum absolute atomic E-state index is 12.8. The predicted octanol–water partition coefficient (Wildman–Crippen LogP) is 2.42. The van der Waals surface area contributed by atoms with Crippen LogP contribution in [-0.4, -0.2) is 47.3 Å². The van der Waals surface area contributed by atoms with Crippen molar-refractivity contribution in [1.82, 2.24) is 5.01 Å². The van der Waals surface area contributed by atoms with E-state index in [4.69, 9.17) is 14.6 Å². The molecular weight excluding hydrogens is 400 g/mol. The highest BCUT2D eigenvalue weighted by Crippen LogP contribution is 2.52. The SMILES string of the molecule is C=CCc1cc(C=NN2C(=O)C3C4C=CC(C4)C3C2=O)cc(OC)c1OC(C)C(=O)O. The molecule has 2 amide bonds. The number of carbonyl (C=O) groups excluding carboxylic acids is 2.